The normalized spacial score (nSPS) is 19.0. The second-order valence-electron chi connectivity index (χ2n) is 6.48. The molecule has 0 unspecified atom stereocenters. The van der Waals surface area contributed by atoms with Gasteiger partial charge in [-0.25, -0.2) is 0 Å². The molecular weight excluding hydrogens is 328 g/mol. The van der Waals surface area contributed by atoms with Crippen LogP contribution in [0.25, 0.3) is 0 Å². The minimum absolute atomic E-state index is 0.0000409. The Labute approximate surface area is 145 Å². The summed E-state index contributed by atoms with van der Waals surface area (Å²) in [6, 6.07) is 0. The van der Waals surface area contributed by atoms with Crippen LogP contribution in [0.1, 0.15) is 50.8 Å². The lowest BCUT2D eigenvalue weighted by Crippen LogP contribution is -2.31. The van der Waals surface area contributed by atoms with Crippen LogP contribution in [0.4, 0.5) is 0 Å². The fourth-order valence-corrected chi connectivity index (χ4v) is 3.83. The molecule has 1 aromatic rings. The van der Waals surface area contributed by atoms with E-state index < -0.39 is 0 Å². The average molecular weight is 352 g/mol. The standard InChI is InChI=1S/C16H24N4O3S/c21-13(17-9-12-5-2-1-3-6-12)11-24-16-19-18-14(23-16)10-20-8-4-7-15(20)22/h12H,1-11H2,(H,17,21). The Morgan fingerprint density at radius 2 is 2.08 bits per heavy atom. The maximum absolute atomic E-state index is 11.9. The quantitative estimate of drug-likeness (QED) is 0.755. The first-order valence-electron chi connectivity index (χ1n) is 8.70. The number of hydrogen-bond acceptors (Lipinski definition) is 6. The van der Waals surface area contributed by atoms with Gasteiger partial charge in [0.25, 0.3) is 5.22 Å². The molecule has 0 bridgehead atoms. The number of aromatic nitrogens is 2. The summed E-state index contributed by atoms with van der Waals surface area (Å²) in [5.41, 5.74) is 0. The van der Waals surface area contributed by atoms with Gasteiger partial charge in [-0.15, -0.1) is 10.2 Å². The van der Waals surface area contributed by atoms with Crippen LogP contribution >= 0.6 is 11.8 Å². The highest BCUT2D eigenvalue weighted by Gasteiger charge is 2.22. The maximum Gasteiger partial charge on any atom is 0.277 e. The summed E-state index contributed by atoms with van der Waals surface area (Å²) in [7, 11) is 0. The second kappa shape index (κ2) is 8.50. The van der Waals surface area contributed by atoms with E-state index in [2.05, 4.69) is 15.5 Å². The van der Waals surface area contributed by atoms with Crippen molar-refractivity contribution in [2.75, 3.05) is 18.8 Å². The van der Waals surface area contributed by atoms with Crippen LogP contribution < -0.4 is 5.32 Å². The molecular formula is C16H24N4O3S. The lowest BCUT2D eigenvalue weighted by atomic mass is 9.89. The Morgan fingerprint density at radius 3 is 2.83 bits per heavy atom. The third kappa shape index (κ3) is 4.96. The van der Waals surface area contributed by atoms with Crippen molar-refractivity contribution < 1.29 is 14.0 Å². The summed E-state index contributed by atoms with van der Waals surface area (Å²) < 4.78 is 5.51. The molecule has 1 aromatic heterocycles. The Kier molecular flexibility index (Phi) is 6.12. The summed E-state index contributed by atoms with van der Waals surface area (Å²) >= 11 is 1.24. The van der Waals surface area contributed by atoms with Gasteiger partial charge in [0.2, 0.25) is 17.7 Å². The van der Waals surface area contributed by atoms with E-state index in [9.17, 15) is 9.59 Å². The Morgan fingerprint density at radius 1 is 1.25 bits per heavy atom. The number of rotatable bonds is 7. The van der Waals surface area contributed by atoms with Gasteiger partial charge in [0.05, 0.1) is 12.3 Å². The van der Waals surface area contributed by atoms with Crippen molar-refractivity contribution >= 4 is 23.6 Å². The largest absolute Gasteiger partial charge is 0.414 e. The maximum atomic E-state index is 11.9. The van der Waals surface area contributed by atoms with Crippen molar-refractivity contribution in [1.82, 2.24) is 20.4 Å². The lowest BCUT2D eigenvalue weighted by molar-refractivity contribution is -0.128. The van der Waals surface area contributed by atoms with Gasteiger partial charge >= 0.3 is 0 Å². The number of nitrogens with one attached hydrogen (secondary N) is 1. The molecule has 3 rings (SSSR count). The molecule has 0 aromatic carbocycles. The van der Waals surface area contributed by atoms with Gasteiger partial charge in [-0.1, -0.05) is 31.0 Å². The molecule has 0 atom stereocenters. The molecule has 2 heterocycles. The molecule has 1 saturated carbocycles. The summed E-state index contributed by atoms with van der Waals surface area (Å²) in [5, 5.41) is 11.3. The molecule has 1 saturated heterocycles. The fourth-order valence-electron chi connectivity index (χ4n) is 3.22. The molecule has 2 fully saturated rings. The first-order valence-corrected chi connectivity index (χ1v) is 9.69. The van der Waals surface area contributed by atoms with Gasteiger partial charge in [0, 0.05) is 19.5 Å². The van der Waals surface area contributed by atoms with Crippen LogP contribution in [0.5, 0.6) is 0 Å². The van der Waals surface area contributed by atoms with E-state index in [4.69, 9.17) is 4.42 Å². The number of nitrogens with zero attached hydrogens (tertiary/aromatic N) is 3. The van der Waals surface area contributed by atoms with Crippen LogP contribution in [0, 0.1) is 5.92 Å². The molecule has 1 N–H and O–H groups in total. The number of hydrogen-bond donors (Lipinski definition) is 1. The second-order valence-corrected chi connectivity index (χ2v) is 7.40. The van der Waals surface area contributed by atoms with Crippen LogP contribution in [0.15, 0.2) is 9.64 Å². The van der Waals surface area contributed by atoms with E-state index in [1.807, 2.05) is 0 Å². The highest BCUT2D eigenvalue weighted by atomic mass is 32.2. The van der Waals surface area contributed by atoms with Gasteiger partial charge in [0.1, 0.15) is 0 Å². The van der Waals surface area contributed by atoms with Gasteiger partial charge in [-0.3, -0.25) is 9.59 Å². The SMILES string of the molecule is O=C(CSc1nnc(CN2CCCC2=O)o1)NCC1CCCCC1. The highest BCUT2D eigenvalue weighted by Crippen LogP contribution is 2.23. The van der Waals surface area contributed by atoms with Crippen molar-refractivity contribution in [3.05, 3.63) is 5.89 Å². The molecule has 8 heteroatoms. The molecule has 2 amide bonds. The molecule has 0 radical (unpaired) electrons. The molecule has 1 aliphatic heterocycles. The van der Waals surface area contributed by atoms with E-state index in [1.54, 1.807) is 4.90 Å². The molecule has 1 aliphatic carbocycles. The van der Waals surface area contributed by atoms with E-state index in [1.165, 1.54) is 43.9 Å². The topological polar surface area (TPSA) is 88.3 Å². The molecule has 0 spiro atoms. The molecule has 132 valence electrons. The van der Waals surface area contributed by atoms with Crippen molar-refractivity contribution in [2.24, 2.45) is 5.92 Å². The predicted molar refractivity (Wildman–Crippen MR) is 89.3 cm³/mol. The van der Waals surface area contributed by atoms with Crippen molar-refractivity contribution in [3.63, 3.8) is 0 Å². The number of likely N-dealkylation sites (tertiary alicyclic amines) is 1. The zero-order valence-electron chi connectivity index (χ0n) is 13.8. The average Bonchev–Trinajstić information content (AvgIpc) is 3.22. The van der Waals surface area contributed by atoms with Gasteiger partial charge in [0.15, 0.2) is 0 Å². The van der Waals surface area contributed by atoms with Crippen LogP contribution in [0.3, 0.4) is 0 Å². The third-order valence-corrected chi connectivity index (χ3v) is 5.40. The zero-order valence-corrected chi connectivity index (χ0v) is 14.6. The van der Waals surface area contributed by atoms with Gasteiger partial charge in [-0.05, 0) is 25.2 Å². The summed E-state index contributed by atoms with van der Waals surface area (Å²) in [5.74, 6) is 1.46. The van der Waals surface area contributed by atoms with Crippen molar-refractivity contribution in [3.8, 4) is 0 Å². The van der Waals surface area contributed by atoms with Crippen LogP contribution in [-0.4, -0.2) is 45.8 Å². The minimum Gasteiger partial charge on any atom is -0.414 e. The summed E-state index contributed by atoms with van der Waals surface area (Å²) in [4.78, 5) is 25.2. The highest BCUT2D eigenvalue weighted by molar-refractivity contribution is 7.99. The van der Waals surface area contributed by atoms with Crippen LogP contribution in [-0.2, 0) is 16.1 Å². The Bertz CT molecular complexity index is 571. The molecule has 24 heavy (non-hydrogen) atoms. The Balaban J connectivity index is 1.36. The minimum atomic E-state index is 0.0000409. The third-order valence-electron chi connectivity index (χ3n) is 4.59. The molecule has 2 aliphatic rings. The van der Waals surface area contributed by atoms with E-state index in [0.29, 0.717) is 30.0 Å². The van der Waals surface area contributed by atoms with Gasteiger partial charge in [-0.2, -0.15) is 0 Å². The monoisotopic (exact) mass is 352 g/mol. The van der Waals surface area contributed by atoms with Crippen LogP contribution in [0.2, 0.25) is 0 Å². The summed E-state index contributed by atoms with van der Waals surface area (Å²) in [6.07, 6.45) is 7.79. The number of amides is 2. The Hall–Kier alpha value is -1.57. The zero-order chi connectivity index (χ0) is 16.8. The summed E-state index contributed by atoms with van der Waals surface area (Å²) in [6.45, 7) is 1.87. The van der Waals surface area contributed by atoms with E-state index in [0.717, 1.165) is 19.5 Å². The first-order chi connectivity index (χ1) is 11.7. The van der Waals surface area contributed by atoms with Crippen molar-refractivity contribution in [1.29, 1.82) is 0 Å². The van der Waals surface area contributed by atoms with E-state index >= 15 is 0 Å². The van der Waals surface area contributed by atoms with Gasteiger partial charge < -0.3 is 14.6 Å². The number of thioether (sulfide) groups is 1. The smallest absolute Gasteiger partial charge is 0.277 e. The number of carbonyl (C=O) groups is 2. The van der Waals surface area contributed by atoms with E-state index in [-0.39, 0.29) is 17.6 Å². The fraction of sp³-hybridized carbons (Fsp3) is 0.750. The first kappa shape index (κ1) is 17.3. The number of carbonyl (C=O) groups excluding carboxylic acids is 2. The predicted octanol–water partition coefficient (Wildman–Crippen LogP) is 1.98. The lowest BCUT2D eigenvalue weighted by Gasteiger charge is -2.21. The molecule has 7 nitrogen and oxygen atoms in total. The van der Waals surface area contributed by atoms with Crippen molar-refractivity contribution in [2.45, 2.75) is 56.7 Å².